The Morgan fingerprint density at radius 2 is 1.62 bits per heavy atom. The van der Waals surface area contributed by atoms with Crippen LogP contribution >= 0.6 is 0 Å². The van der Waals surface area contributed by atoms with Gasteiger partial charge in [0.2, 0.25) is 0 Å². The molecule has 1 saturated heterocycles. The molecular formula is C6H13NO. The molecule has 0 aromatic heterocycles. The maximum atomic E-state index is 5.23. The van der Waals surface area contributed by atoms with E-state index in [0.717, 1.165) is 26.3 Å². The third kappa shape index (κ3) is 2.28. The summed E-state index contributed by atoms with van der Waals surface area (Å²) in [6.45, 7) is 4.12. The van der Waals surface area contributed by atoms with Crippen molar-refractivity contribution < 1.29 is 4.74 Å². The zero-order valence-electron chi connectivity index (χ0n) is 5.15. The van der Waals surface area contributed by atoms with Gasteiger partial charge in [0.1, 0.15) is 0 Å². The molecule has 48 valence electrons. The van der Waals surface area contributed by atoms with Crippen molar-refractivity contribution in [3.63, 3.8) is 0 Å². The van der Waals surface area contributed by atoms with Crippen molar-refractivity contribution in [1.29, 1.82) is 0 Å². The molecule has 1 heterocycles. The maximum Gasteiger partial charge on any atom is 0.0478 e. The van der Waals surface area contributed by atoms with E-state index in [1.54, 1.807) is 0 Å². The van der Waals surface area contributed by atoms with Crippen molar-refractivity contribution in [2.75, 3.05) is 26.3 Å². The van der Waals surface area contributed by atoms with Gasteiger partial charge in [0.25, 0.3) is 0 Å². The van der Waals surface area contributed by atoms with Gasteiger partial charge in [0, 0.05) is 13.2 Å². The van der Waals surface area contributed by atoms with E-state index in [4.69, 9.17) is 4.74 Å². The Hall–Kier alpha value is -0.0800. The van der Waals surface area contributed by atoms with Crippen molar-refractivity contribution >= 4 is 0 Å². The summed E-state index contributed by atoms with van der Waals surface area (Å²) >= 11 is 0. The molecule has 0 spiro atoms. The average Bonchev–Trinajstić information content (AvgIpc) is 1.62. The highest BCUT2D eigenvalue weighted by Crippen LogP contribution is 1.88. The molecule has 0 radical (unpaired) electrons. The zero-order chi connectivity index (χ0) is 5.66. The predicted octanol–water partition coefficient (Wildman–Crippen LogP) is 0.386. The average molecular weight is 115 g/mol. The van der Waals surface area contributed by atoms with Crippen molar-refractivity contribution in [3.05, 3.63) is 0 Å². The lowest BCUT2D eigenvalue weighted by molar-refractivity contribution is 0.120. The van der Waals surface area contributed by atoms with Crippen LogP contribution in [-0.4, -0.2) is 26.3 Å². The molecule has 1 fully saturated rings. The van der Waals surface area contributed by atoms with Gasteiger partial charge >= 0.3 is 0 Å². The monoisotopic (exact) mass is 115 g/mol. The fourth-order valence-corrected chi connectivity index (χ4v) is 0.826. The summed E-state index contributed by atoms with van der Waals surface area (Å²) < 4.78 is 5.23. The minimum absolute atomic E-state index is 0.938. The Morgan fingerprint density at radius 1 is 1.00 bits per heavy atom. The molecule has 0 atom stereocenters. The van der Waals surface area contributed by atoms with E-state index in [9.17, 15) is 0 Å². The summed E-state index contributed by atoms with van der Waals surface area (Å²) in [6, 6.07) is 0. The fraction of sp³-hybridized carbons (Fsp3) is 1.00. The molecule has 0 saturated carbocycles. The van der Waals surface area contributed by atoms with E-state index in [1.165, 1.54) is 12.8 Å². The van der Waals surface area contributed by atoms with Crippen LogP contribution in [0.25, 0.3) is 0 Å². The summed E-state index contributed by atoms with van der Waals surface area (Å²) in [6.07, 6.45) is 2.33. The minimum atomic E-state index is 0.938. The van der Waals surface area contributed by atoms with E-state index in [0.29, 0.717) is 0 Å². The van der Waals surface area contributed by atoms with Gasteiger partial charge in [0.05, 0.1) is 0 Å². The Labute approximate surface area is 50.2 Å². The molecule has 0 aromatic carbocycles. The molecule has 0 aliphatic carbocycles. The van der Waals surface area contributed by atoms with Crippen LogP contribution in [0.3, 0.4) is 0 Å². The number of ether oxygens (including phenoxy) is 1. The summed E-state index contributed by atoms with van der Waals surface area (Å²) in [5, 5.41) is 3.31. The second kappa shape index (κ2) is 3.87. The van der Waals surface area contributed by atoms with E-state index in [1.807, 2.05) is 0 Å². The second-order valence-corrected chi connectivity index (χ2v) is 2.07. The first-order chi connectivity index (χ1) is 4.00. The topological polar surface area (TPSA) is 21.3 Å². The van der Waals surface area contributed by atoms with E-state index >= 15 is 0 Å². The first-order valence-electron chi connectivity index (χ1n) is 3.28. The molecule has 0 aromatic rings. The first-order valence-corrected chi connectivity index (χ1v) is 3.28. The van der Waals surface area contributed by atoms with Crippen LogP contribution in [0.15, 0.2) is 0 Å². The maximum absolute atomic E-state index is 5.23. The van der Waals surface area contributed by atoms with Gasteiger partial charge < -0.3 is 10.1 Å². The molecular weight excluding hydrogens is 102 g/mol. The summed E-state index contributed by atoms with van der Waals surface area (Å²) in [5.41, 5.74) is 0. The second-order valence-electron chi connectivity index (χ2n) is 2.07. The Balaban J connectivity index is 2.00. The summed E-state index contributed by atoms with van der Waals surface area (Å²) in [4.78, 5) is 0. The highest BCUT2D eigenvalue weighted by atomic mass is 16.5. The first kappa shape index (κ1) is 6.05. The molecule has 1 rings (SSSR count). The molecule has 1 aliphatic heterocycles. The summed E-state index contributed by atoms with van der Waals surface area (Å²) in [5.74, 6) is 0. The summed E-state index contributed by atoms with van der Waals surface area (Å²) in [7, 11) is 0. The Morgan fingerprint density at radius 3 is 2.25 bits per heavy atom. The molecule has 0 unspecified atom stereocenters. The van der Waals surface area contributed by atoms with Crippen LogP contribution < -0.4 is 5.32 Å². The van der Waals surface area contributed by atoms with E-state index in [-0.39, 0.29) is 0 Å². The normalized spacial score (nSPS) is 24.0. The number of hydrogen-bond donors (Lipinski definition) is 1. The molecule has 0 bridgehead atoms. The molecule has 2 heteroatoms. The van der Waals surface area contributed by atoms with Crippen molar-refractivity contribution in [1.82, 2.24) is 5.32 Å². The largest absolute Gasteiger partial charge is 0.381 e. The molecule has 1 aliphatic rings. The molecule has 0 amide bonds. The number of nitrogens with one attached hydrogen (secondary N) is 1. The number of rotatable bonds is 0. The van der Waals surface area contributed by atoms with E-state index in [2.05, 4.69) is 5.32 Å². The molecule has 1 N–H and O–H groups in total. The third-order valence-electron chi connectivity index (χ3n) is 1.28. The van der Waals surface area contributed by atoms with Gasteiger partial charge in [0.15, 0.2) is 0 Å². The van der Waals surface area contributed by atoms with E-state index < -0.39 is 0 Å². The van der Waals surface area contributed by atoms with Gasteiger partial charge in [-0.2, -0.15) is 0 Å². The number of hydrogen-bond acceptors (Lipinski definition) is 2. The fourth-order valence-electron chi connectivity index (χ4n) is 0.826. The third-order valence-corrected chi connectivity index (χ3v) is 1.28. The highest BCUT2D eigenvalue weighted by molar-refractivity contribution is 4.50. The van der Waals surface area contributed by atoms with Gasteiger partial charge in [-0.3, -0.25) is 0 Å². The van der Waals surface area contributed by atoms with Crippen LogP contribution in [0, 0.1) is 0 Å². The van der Waals surface area contributed by atoms with Crippen LogP contribution in [0.1, 0.15) is 12.8 Å². The zero-order valence-corrected chi connectivity index (χ0v) is 5.15. The minimum Gasteiger partial charge on any atom is -0.381 e. The lowest BCUT2D eigenvalue weighted by atomic mass is 10.4. The van der Waals surface area contributed by atoms with Gasteiger partial charge in [-0.25, -0.2) is 0 Å². The van der Waals surface area contributed by atoms with Crippen molar-refractivity contribution in [2.45, 2.75) is 12.8 Å². The van der Waals surface area contributed by atoms with Crippen LogP contribution in [0.2, 0.25) is 0 Å². The van der Waals surface area contributed by atoms with Crippen LogP contribution in [-0.2, 0) is 4.74 Å². The SMILES string of the molecule is C1CNCCCOC1. The van der Waals surface area contributed by atoms with Gasteiger partial charge in [-0.05, 0) is 25.9 Å². The van der Waals surface area contributed by atoms with Gasteiger partial charge in [-0.1, -0.05) is 0 Å². The lowest BCUT2D eigenvalue weighted by Gasteiger charge is -2.09. The molecule has 8 heavy (non-hydrogen) atoms. The molecule has 2 nitrogen and oxygen atoms in total. The Kier molecular flexibility index (Phi) is 2.92. The van der Waals surface area contributed by atoms with Crippen molar-refractivity contribution in [3.8, 4) is 0 Å². The Bertz CT molecular complexity index is 32.5. The van der Waals surface area contributed by atoms with Crippen LogP contribution in [0.5, 0.6) is 0 Å². The quantitative estimate of drug-likeness (QED) is 0.493. The van der Waals surface area contributed by atoms with Gasteiger partial charge in [-0.15, -0.1) is 0 Å². The standard InChI is InChI=1S/C6H13NO/c1-3-7-4-2-6-8-5-1/h7H,1-6H2. The smallest absolute Gasteiger partial charge is 0.0478 e. The van der Waals surface area contributed by atoms with Crippen LogP contribution in [0.4, 0.5) is 0 Å². The lowest BCUT2D eigenvalue weighted by Crippen LogP contribution is -2.22. The predicted molar refractivity (Wildman–Crippen MR) is 32.9 cm³/mol. The van der Waals surface area contributed by atoms with Crippen molar-refractivity contribution in [2.24, 2.45) is 0 Å². The highest BCUT2D eigenvalue weighted by Gasteiger charge is 1.93.